The predicted octanol–water partition coefficient (Wildman–Crippen LogP) is 0.152. The van der Waals surface area contributed by atoms with Crippen LogP contribution in [-0.4, -0.2) is 28.2 Å². The minimum Gasteiger partial charge on any atom is -0.396 e. The number of halogens is 1. The smallest absolute Gasteiger partial charge is 0.247 e. The summed E-state index contributed by atoms with van der Waals surface area (Å²) in [5.74, 6) is -0.684. The molecule has 1 aromatic rings. The van der Waals surface area contributed by atoms with E-state index in [2.05, 4.69) is 0 Å². The van der Waals surface area contributed by atoms with Gasteiger partial charge in [0.1, 0.15) is 5.82 Å². The second-order valence-electron chi connectivity index (χ2n) is 3.50. The number of nitrogen functional groups attached to an aromatic ring is 1. The third-order valence-electron chi connectivity index (χ3n) is 1.64. The maximum atomic E-state index is 12.8. The molecule has 0 aliphatic heterocycles. The van der Waals surface area contributed by atoms with Crippen LogP contribution in [0, 0.1) is 5.82 Å². The summed E-state index contributed by atoms with van der Waals surface area (Å²) in [4.78, 5) is 0. The van der Waals surface area contributed by atoms with Crippen LogP contribution in [0.1, 0.15) is 0 Å². The summed E-state index contributed by atoms with van der Waals surface area (Å²) in [7, 11) is -7.71. The van der Waals surface area contributed by atoms with Crippen LogP contribution < -0.4 is 10.5 Å². The summed E-state index contributed by atoms with van der Waals surface area (Å²) in [5.41, 5.74) is 5.01. The number of benzene rings is 1. The quantitative estimate of drug-likeness (QED) is 0.765. The fourth-order valence-electron chi connectivity index (χ4n) is 1.10. The van der Waals surface area contributed by atoms with E-state index in [1.807, 2.05) is 4.72 Å². The minimum absolute atomic E-state index is 0.00699. The topological polar surface area (TPSA) is 106 Å². The maximum Gasteiger partial charge on any atom is 0.247 e. The molecule has 0 bridgehead atoms. The first-order valence-corrected chi connectivity index (χ1v) is 8.03. The molecule has 0 saturated carbocycles. The van der Waals surface area contributed by atoms with Gasteiger partial charge < -0.3 is 5.73 Å². The third kappa shape index (κ3) is 4.57. The van der Waals surface area contributed by atoms with Crippen molar-refractivity contribution in [3.8, 4) is 0 Å². The molecule has 17 heavy (non-hydrogen) atoms. The van der Waals surface area contributed by atoms with Crippen molar-refractivity contribution in [1.29, 1.82) is 0 Å². The number of anilines is 2. The summed E-state index contributed by atoms with van der Waals surface area (Å²) in [5, 5.41) is -1.04. The van der Waals surface area contributed by atoms with Crippen LogP contribution in [0.25, 0.3) is 0 Å². The normalized spacial score (nSPS) is 12.4. The second-order valence-corrected chi connectivity index (χ2v) is 7.72. The van der Waals surface area contributed by atoms with Gasteiger partial charge in [0, 0.05) is 6.26 Å². The fraction of sp³-hybridized carbons (Fsp3) is 0.250. The van der Waals surface area contributed by atoms with Gasteiger partial charge >= 0.3 is 0 Å². The molecule has 1 rings (SSSR count). The number of nitrogens with one attached hydrogen (secondary N) is 1. The molecule has 0 aliphatic rings. The van der Waals surface area contributed by atoms with Gasteiger partial charge in [0.2, 0.25) is 10.0 Å². The number of hydrogen-bond acceptors (Lipinski definition) is 5. The summed E-state index contributed by atoms with van der Waals surface area (Å²) in [6.07, 6.45) is 0.797. The van der Waals surface area contributed by atoms with Gasteiger partial charge in [0.05, 0.1) is 11.4 Å². The molecule has 1 aromatic carbocycles. The Hall–Kier alpha value is -1.35. The molecule has 0 spiro atoms. The molecule has 0 atom stereocenters. The van der Waals surface area contributed by atoms with Crippen LogP contribution in [0.3, 0.4) is 0 Å². The largest absolute Gasteiger partial charge is 0.396 e. The average Bonchev–Trinajstić information content (AvgIpc) is 2.06. The molecule has 3 N–H and O–H groups in total. The van der Waals surface area contributed by atoms with Gasteiger partial charge in [-0.25, -0.2) is 21.2 Å². The standard InChI is InChI=1S/C8H11FN2O4S2/c1-16(12,13)5-17(14,15)11-6-2-3-7(9)8(10)4-6/h2-4,11H,5,10H2,1H3. The first-order valence-electron chi connectivity index (χ1n) is 4.32. The van der Waals surface area contributed by atoms with Gasteiger partial charge in [-0.3, -0.25) is 4.72 Å². The van der Waals surface area contributed by atoms with Crippen molar-refractivity contribution < 1.29 is 21.2 Å². The van der Waals surface area contributed by atoms with E-state index in [0.29, 0.717) is 0 Å². The molecule has 0 aromatic heterocycles. The van der Waals surface area contributed by atoms with Crippen LogP contribution in [0.4, 0.5) is 15.8 Å². The summed E-state index contributed by atoms with van der Waals surface area (Å²) < 4.78 is 59.3. The zero-order valence-corrected chi connectivity index (χ0v) is 10.5. The van der Waals surface area contributed by atoms with E-state index in [-0.39, 0.29) is 11.4 Å². The van der Waals surface area contributed by atoms with E-state index in [1.165, 1.54) is 0 Å². The summed E-state index contributed by atoms with van der Waals surface area (Å²) in [6.45, 7) is 0. The Balaban J connectivity index is 2.95. The van der Waals surface area contributed by atoms with E-state index in [9.17, 15) is 21.2 Å². The highest BCUT2D eigenvalue weighted by Crippen LogP contribution is 2.17. The number of sulfone groups is 1. The Morgan fingerprint density at radius 3 is 2.35 bits per heavy atom. The lowest BCUT2D eigenvalue weighted by atomic mass is 10.3. The van der Waals surface area contributed by atoms with Crippen molar-refractivity contribution in [3.05, 3.63) is 24.0 Å². The number of hydrogen-bond donors (Lipinski definition) is 2. The number of sulfonamides is 1. The number of rotatable bonds is 4. The van der Waals surface area contributed by atoms with Crippen molar-refractivity contribution in [2.24, 2.45) is 0 Å². The summed E-state index contributed by atoms with van der Waals surface area (Å²) >= 11 is 0. The predicted molar refractivity (Wildman–Crippen MR) is 63.1 cm³/mol. The second kappa shape index (κ2) is 4.49. The van der Waals surface area contributed by atoms with Gasteiger partial charge in [0.25, 0.3) is 0 Å². The highest BCUT2D eigenvalue weighted by molar-refractivity contribution is 8.08. The summed E-state index contributed by atoms with van der Waals surface area (Å²) in [6, 6.07) is 3.19. The first-order chi connectivity index (χ1) is 7.59. The molecule has 96 valence electrons. The molecule has 0 fully saturated rings. The van der Waals surface area contributed by atoms with Crippen LogP contribution in [0.5, 0.6) is 0 Å². The minimum atomic E-state index is -4.04. The SMILES string of the molecule is CS(=O)(=O)CS(=O)(=O)Nc1ccc(F)c(N)c1. The maximum absolute atomic E-state index is 12.8. The molecule has 9 heteroatoms. The molecule has 0 saturated heterocycles. The van der Waals surface area contributed by atoms with Gasteiger partial charge in [-0.1, -0.05) is 0 Å². The Morgan fingerprint density at radius 1 is 1.29 bits per heavy atom. The highest BCUT2D eigenvalue weighted by Gasteiger charge is 2.18. The van der Waals surface area contributed by atoms with Gasteiger partial charge in [0.15, 0.2) is 14.9 Å². The van der Waals surface area contributed by atoms with Crippen molar-refractivity contribution in [3.63, 3.8) is 0 Å². The Labute approximate surface area is 98.6 Å². The lowest BCUT2D eigenvalue weighted by Gasteiger charge is -2.07. The van der Waals surface area contributed by atoms with E-state index in [1.54, 1.807) is 0 Å². The lowest BCUT2D eigenvalue weighted by Crippen LogP contribution is -2.22. The first kappa shape index (κ1) is 13.7. The van der Waals surface area contributed by atoms with Crippen LogP contribution in [0.2, 0.25) is 0 Å². The van der Waals surface area contributed by atoms with Crippen molar-refractivity contribution >= 4 is 31.2 Å². The van der Waals surface area contributed by atoms with Crippen LogP contribution in [0.15, 0.2) is 18.2 Å². The molecule has 0 amide bonds. The molecule has 0 aliphatic carbocycles. The highest BCUT2D eigenvalue weighted by atomic mass is 32.3. The van der Waals surface area contributed by atoms with Crippen molar-refractivity contribution in [1.82, 2.24) is 0 Å². The van der Waals surface area contributed by atoms with Crippen LogP contribution >= 0.6 is 0 Å². The van der Waals surface area contributed by atoms with Crippen LogP contribution in [-0.2, 0) is 19.9 Å². The fourth-order valence-corrected chi connectivity index (χ4v) is 4.07. The van der Waals surface area contributed by atoms with E-state index < -0.39 is 30.8 Å². The van der Waals surface area contributed by atoms with Gasteiger partial charge in [-0.05, 0) is 18.2 Å². The lowest BCUT2D eigenvalue weighted by molar-refractivity contribution is 0.594. The molecular weight excluding hydrogens is 271 g/mol. The van der Waals surface area contributed by atoms with Gasteiger partial charge in [-0.15, -0.1) is 0 Å². The monoisotopic (exact) mass is 282 g/mol. The van der Waals surface area contributed by atoms with E-state index in [4.69, 9.17) is 5.73 Å². The molecule has 0 unspecified atom stereocenters. The Kier molecular flexibility index (Phi) is 3.62. The molecule has 6 nitrogen and oxygen atoms in total. The molecule has 0 heterocycles. The zero-order valence-electron chi connectivity index (χ0n) is 8.84. The Bertz CT molecular complexity index is 625. The molecule has 0 radical (unpaired) electrons. The average molecular weight is 282 g/mol. The molecular formula is C8H11FN2O4S2. The number of nitrogens with two attached hydrogens (primary N) is 1. The Morgan fingerprint density at radius 2 is 1.88 bits per heavy atom. The van der Waals surface area contributed by atoms with E-state index >= 15 is 0 Å². The zero-order chi connectivity index (χ0) is 13.3. The third-order valence-corrected chi connectivity index (χ3v) is 5.14. The van der Waals surface area contributed by atoms with Crippen molar-refractivity contribution in [2.45, 2.75) is 0 Å². The van der Waals surface area contributed by atoms with Crippen molar-refractivity contribution in [2.75, 3.05) is 21.8 Å². The van der Waals surface area contributed by atoms with Gasteiger partial charge in [-0.2, -0.15) is 0 Å². The van der Waals surface area contributed by atoms with E-state index in [0.717, 1.165) is 24.5 Å².